The van der Waals surface area contributed by atoms with Gasteiger partial charge in [0, 0.05) is 17.8 Å². The summed E-state index contributed by atoms with van der Waals surface area (Å²) in [6.45, 7) is 1.73. The summed E-state index contributed by atoms with van der Waals surface area (Å²) in [5, 5.41) is 23.5. The number of nitriles is 1. The number of aryl methyl sites for hydroxylation is 1. The Morgan fingerprint density at radius 3 is 2.59 bits per heavy atom. The topological polar surface area (TPSA) is 105 Å². The average Bonchev–Trinajstić information content (AvgIpc) is 2.78. The van der Waals surface area contributed by atoms with Crippen molar-refractivity contribution in [1.82, 2.24) is 0 Å². The van der Waals surface area contributed by atoms with Crippen LogP contribution in [0.3, 0.4) is 0 Å². The standard InChI is InChI=1S/C24H18ClN3O4/c1-16-5-8-20(9-6-16)27-24(29)15-32-23-10-7-17(12-22(23)25)11-19(14-26)18-3-2-4-21(13-18)28(30)31/h2-13H,15H2,1H3,(H,27,29)/b19-11-. The number of rotatable bonds is 7. The number of amides is 1. The fourth-order valence-corrected chi connectivity index (χ4v) is 3.08. The van der Waals surface area contributed by atoms with Gasteiger partial charge in [0.15, 0.2) is 6.61 Å². The van der Waals surface area contributed by atoms with Crippen LogP contribution in [-0.4, -0.2) is 17.4 Å². The first kappa shape index (κ1) is 22.5. The van der Waals surface area contributed by atoms with Gasteiger partial charge in [0.25, 0.3) is 11.6 Å². The molecule has 0 bridgehead atoms. The highest BCUT2D eigenvalue weighted by atomic mass is 35.5. The number of nitro benzene ring substituents is 1. The number of non-ortho nitro benzene ring substituents is 1. The van der Waals surface area contributed by atoms with Gasteiger partial charge in [-0.1, -0.05) is 47.5 Å². The summed E-state index contributed by atoms with van der Waals surface area (Å²) >= 11 is 6.27. The number of hydrogen-bond donors (Lipinski definition) is 1. The summed E-state index contributed by atoms with van der Waals surface area (Å²) in [6.07, 6.45) is 1.57. The molecule has 3 aromatic rings. The molecule has 3 rings (SSSR count). The Morgan fingerprint density at radius 1 is 1.19 bits per heavy atom. The zero-order chi connectivity index (χ0) is 23.1. The minimum absolute atomic E-state index is 0.102. The van der Waals surface area contributed by atoms with Crippen LogP contribution in [0, 0.1) is 28.4 Å². The van der Waals surface area contributed by atoms with Gasteiger partial charge >= 0.3 is 0 Å². The molecule has 1 amide bonds. The van der Waals surface area contributed by atoms with Crippen LogP contribution in [0.4, 0.5) is 11.4 Å². The molecule has 0 aliphatic rings. The van der Waals surface area contributed by atoms with E-state index < -0.39 is 4.92 Å². The van der Waals surface area contributed by atoms with Gasteiger partial charge in [-0.05, 0) is 48.4 Å². The highest BCUT2D eigenvalue weighted by molar-refractivity contribution is 6.32. The molecule has 1 N–H and O–H groups in total. The highest BCUT2D eigenvalue weighted by Gasteiger charge is 2.10. The lowest BCUT2D eigenvalue weighted by atomic mass is 10.0. The van der Waals surface area contributed by atoms with Crippen LogP contribution < -0.4 is 10.1 Å². The molecular weight excluding hydrogens is 430 g/mol. The van der Waals surface area contributed by atoms with Crippen molar-refractivity contribution in [2.24, 2.45) is 0 Å². The molecule has 0 saturated carbocycles. The summed E-state index contributed by atoms with van der Waals surface area (Å²) in [5.41, 5.74) is 2.93. The van der Waals surface area contributed by atoms with Crippen molar-refractivity contribution in [1.29, 1.82) is 5.26 Å². The van der Waals surface area contributed by atoms with Crippen LogP contribution in [0.5, 0.6) is 5.75 Å². The molecule has 0 heterocycles. The van der Waals surface area contributed by atoms with Crippen LogP contribution in [0.15, 0.2) is 66.7 Å². The van der Waals surface area contributed by atoms with Gasteiger partial charge in [-0.2, -0.15) is 5.26 Å². The average molecular weight is 448 g/mol. The third kappa shape index (κ3) is 5.94. The highest BCUT2D eigenvalue weighted by Crippen LogP contribution is 2.28. The third-order valence-electron chi connectivity index (χ3n) is 4.45. The summed E-state index contributed by atoms with van der Waals surface area (Å²) in [7, 11) is 0. The fraction of sp³-hybridized carbons (Fsp3) is 0.0833. The van der Waals surface area contributed by atoms with Crippen LogP contribution in [0.1, 0.15) is 16.7 Å². The van der Waals surface area contributed by atoms with Crippen LogP contribution in [0.2, 0.25) is 5.02 Å². The Hall–Kier alpha value is -4.15. The number of allylic oxidation sites excluding steroid dienone is 1. The van der Waals surface area contributed by atoms with E-state index in [1.165, 1.54) is 18.2 Å². The SMILES string of the molecule is Cc1ccc(NC(=O)COc2ccc(/C=C(/C#N)c3cccc([N+](=O)[O-])c3)cc2Cl)cc1. The molecule has 0 fully saturated rings. The third-order valence-corrected chi connectivity index (χ3v) is 4.74. The number of anilines is 1. The maximum atomic E-state index is 12.1. The quantitative estimate of drug-likeness (QED) is 0.218. The number of nitrogens with zero attached hydrogens (tertiary/aromatic N) is 2. The normalized spacial score (nSPS) is 10.8. The van der Waals surface area contributed by atoms with Gasteiger partial charge in [-0.3, -0.25) is 14.9 Å². The first-order valence-corrected chi connectivity index (χ1v) is 9.89. The van der Waals surface area contributed by atoms with E-state index in [0.717, 1.165) is 5.56 Å². The number of carbonyl (C=O) groups is 1. The predicted octanol–water partition coefficient (Wildman–Crippen LogP) is 5.64. The van der Waals surface area contributed by atoms with Crippen LogP contribution in [-0.2, 0) is 4.79 Å². The Bertz CT molecular complexity index is 1230. The van der Waals surface area contributed by atoms with Crippen molar-refractivity contribution in [3.05, 3.63) is 98.6 Å². The largest absolute Gasteiger partial charge is 0.482 e. The van der Waals surface area contributed by atoms with E-state index >= 15 is 0 Å². The van der Waals surface area contributed by atoms with E-state index in [9.17, 15) is 20.2 Å². The van der Waals surface area contributed by atoms with Crippen molar-refractivity contribution in [2.45, 2.75) is 6.92 Å². The second-order valence-corrected chi connectivity index (χ2v) is 7.28. The van der Waals surface area contributed by atoms with Crippen LogP contribution in [0.25, 0.3) is 11.6 Å². The Labute approximate surface area is 189 Å². The summed E-state index contributed by atoms with van der Waals surface area (Å²) in [6, 6.07) is 20.1. The molecule has 0 aromatic heterocycles. The number of hydrogen-bond acceptors (Lipinski definition) is 5. The first-order chi connectivity index (χ1) is 15.4. The maximum absolute atomic E-state index is 12.1. The number of nitrogens with one attached hydrogen (secondary N) is 1. The van der Waals surface area contributed by atoms with E-state index in [-0.39, 0.29) is 28.8 Å². The molecule has 0 aliphatic carbocycles. The molecule has 0 unspecified atom stereocenters. The Kier molecular flexibility index (Phi) is 7.21. The minimum Gasteiger partial charge on any atom is -0.482 e. The van der Waals surface area contributed by atoms with Gasteiger partial charge in [0.2, 0.25) is 0 Å². The molecule has 7 nitrogen and oxygen atoms in total. The van der Waals surface area contributed by atoms with Gasteiger partial charge in [0.05, 0.1) is 21.6 Å². The van der Waals surface area contributed by atoms with Crippen molar-refractivity contribution >= 4 is 40.5 Å². The van der Waals surface area contributed by atoms with E-state index in [2.05, 4.69) is 5.32 Å². The second-order valence-electron chi connectivity index (χ2n) is 6.87. The molecule has 0 saturated heterocycles. The van der Waals surface area contributed by atoms with Gasteiger partial charge < -0.3 is 10.1 Å². The number of halogens is 1. The van der Waals surface area contributed by atoms with E-state index in [0.29, 0.717) is 22.6 Å². The van der Waals surface area contributed by atoms with Crippen molar-refractivity contribution < 1.29 is 14.5 Å². The molecule has 0 aliphatic heterocycles. The number of ether oxygens (including phenoxy) is 1. The van der Waals surface area contributed by atoms with Crippen LogP contribution >= 0.6 is 11.6 Å². The fourth-order valence-electron chi connectivity index (χ4n) is 2.84. The number of nitro groups is 1. The van der Waals surface area contributed by atoms with E-state index in [1.54, 1.807) is 42.5 Å². The second kappa shape index (κ2) is 10.2. The molecule has 3 aromatic carbocycles. The van der Waals surface area contributed by atoms with Crippen molar-refractivity contribution in [3.8, 4) is 11.8 Å². The maximum Gasteiger partial charge on any atom is 0.270 e. The lowest BCUT2D eigenvalue weighted by Gasteiger charge is -2.10. The zero-order valence-electron chi connectivity index (χ0n) is 17.0. The summed E-state index contributed by atoms with van der Waals surface area (Å²) in [5.74, 6) is -0.0111. The molecular formula is C24H18ClN3O4. The smallest absolute Gasteiger partial charge is 0.270 e. The van der Waals surface area contributed by atoms with E-state index in [1.807, 2.05) is 25.1 Å². The zero-order valence-corrected chi connectivity index (χ0v) is 17.8. The Balaban J connectivity index is 1.69. The van der Waals surface area contributed by atoms with Crippen molar-refractivity contribution in [2.75, 3.05) is 11.9 Å². The van der Waals surface area contributed by atoms with Gasteiger partial charge in [0.1, 0.15) is 5.75 Å². The molecule has 8 heteroatoms. The summed E-state index contributed by atoms with van der Waals surface area (Å²) < 4.78 is 5.50. The number of benzene rings is 3. The molecule has 160 valence electrons. The molecule has 0 radical (unpaired) electrons. The Morgan fingerprint density at radius 2 is 1.94 bits per heavy atom. The summed E-state index contributed by atoms with van der Waals surface area (Å²) in [4.78, 5) is 22.5. The lowest BCUT2D eigenvalue weighted by molar-refractivity contribution is -0.384. The van der Waals surface area contributed by atoms with E-state index in [4.69, 9.17) is 16.3 Å². The number of carbonyl (C=O) groups excluding carboxylic acids is 1. The first-order valence-electron chi connectivity index (χ1n) is 9.51. The molecule has 0 atom stereocenters. The van der Waals surface area contributed by atoms with Crippen molar-refractivity contribution in [3.63, 3.8) is 0 Å². The molecule has 32 heavy (non-hydrogen) atoms. The molecule has 0 spiro atoms. The monoisotopic (exact) mass is 447 g/mol. The van der Waals surface area contributed by atoms with Gasteiger partial charge in [-0.15, -0.1) is 0 Å². The lowest BCUT2D eigenvalue weighted by Crippen LogP contribution is -2.20. The predicted molar refractivity (Wildman–Crippen MR) is 123 cm³/mol. The minimum atomic E-state index is -0.517. The van der Waals surface area contributed by atoms with Gasteiger partial charge in [-0.25, -0.2) is 0 Å².